The maximum atomic E-state index is 10.7. The number of non-ortho nitro benzene ring substituents is 1. The number of nitro benzene ring substituents is 1. The van der Waals surface area contributed by atoms with Crippen molar-refractivity contribution in [2.75, 3.05) is 13.7 Å². The molecule has 0 aliphatic rings. The highest BCUT2D eigenvalue weighted by Gasteiger charge is 2.12. The standard InChI is InChI=1S/C13H15NO6/c1-9(8-19-2)20-12-5-4-11(14(17)18)7-10(12)3-6-13(15)16/h3-7,9H,8H2,1-2H3,(H,15,16). The van der Waals surface area contributed by atoms with E-state index in [9.17, 15) is 14.9 Å². The van der Waals surface area contributed by atoms with E-state index in [1.54, 1.807) is 6.92 Å². The van der Waals surface area contributed by atoms with Gasteiger partial charge in [0.15, 0.2) is 0 Å². The van der Waals surface area contributed by atoms with Crippen LogP contribution in [0.2, 0.25) is 0 Å². The minimum Gasteiger partial charge on any atom is -0.488 e. The Labute approximate surface area is 115 Å². The van der Waals surface area contributed by atoms with Crippen LogP contribution in [0.3, 0.4) is 0 Å². The molecule has 1 atom stereocenters. The summed E-state index contributed by atoms with van der Waals surface area (Å²) < 4.78 is 10.5. The van der Waals surface area contributed by atoms with E-state index >= 15 is 0 Å². The summed E-state index contributed by atoms with van der Waals surface area (Å²) in [5, 5.41) is 19.4. The number of nitro groups is 1. The zero-order chi connectivity index (χ0) is 15.1. The monoisotopic (exact) mass is 281 g/mol. The Morgan fingerprint density at radius 1 is 1.55 bits per heavy atom. The van der Waals surface area contributed by atoms with Crippen LogP contribution in [0.5, 0.6) is 5.75 Å². The second-order valence-corrected chi connectivity index (χ2v) is 4.03. The predicted octanol–water partition coefficient (Wildman–Crippen LogP) is 2.11. The van der Waals surface area contributed by atoms with Crippen LogP contribution in [0.4, 0.5) is 5.69 Å². The Morgan fingerprint density at radius 3 is 2.80 bits per heavy atom. The number of ether oxygens (including phenoxy) is 2. The molecule has 0 radical (unpaired) electrons. The van der Waals surface area contributed by atoms with E-state index < -0.39 is 10.9 Å². The van der Waals surface area contributed by atoms with E-state index in [0.29, 0.717) is 17.9 Å². The maximum absolute atomic E-state index is 10.7. The van der Waals surface area contributed by atoms with Gasteiger partial charge in [0.25, 0.3) is 5.69 Å². The van der Waals surface area contributed by atoms with E-state index in [2.05, 4.69) is 0 Å². The number of hydrogen-bond donors (Lipinski definition) is 1. The fourth-order valence-corrected chi connectivity index (χ4v) is 1.53. The van der Waals surface area contributed by atoms with Gasteiger partial charge in [-0.3, -0.25) is 10.1 Å². The summed E-state index contributed by atoms with van der Waals surface area (Å²) >= 11 is 0. The van der Waals surface area contributed by atoms with Gasteiger partial charge in [-0.2, -0.15) is 0 Å². The van der Waals surface area contributed by atoms with Crippen molar-refractivity contribution >= 4 is 17.7 Å². The van der Waals surface area contributed by atoms with E-state index in [-0.39, 0.29) is 11.8 Å². The van der Waals surface area contributed by atoms with Gasteiger partial charge in [-0.05, 0) is 19.1 Å². The first kappa shape index (κ1) is 15.6. The van der Waals surface area contributed by atoms with Gasteiger partial charge in [-0.1, -0.05) is 0 Å². The first-order valence-corrected chi connectivity index (χ1v) is 5.79. The van der Waals surface area contributed by atoms with Gasteiger partial charge in [-0.15, -0.1) is 0 Å². The minimum absolute atomic E-state index is 0.137. The van der Waals surface area contributed by atoms with Crippen molar-refractivity contribution in [2.45, 2.75) is 13.0 Å². The summed E-state index contributed by atoms with van der Waals surface area (Å²) in [5.41, 5.74) is 0.186. The van der Waals surface area contributed by atoms with Crippen LogP contribution in [-0.2, 0) is 9.53 Å². The SMILES string of the molecule is COCC(C)Oc1ccc([N+](=O)[O-])cc1C=CC(=O)O. The third-order valence-electron chi connectivity index (χ3n) is 2.34. The summed E-state index contributed by atoms with van der Waals surface area (Å²) in [4.78, 5) is 20.7. The second-order valence-electron chi connectivity index (χ2n) is 4.03. The lowest BCUT2D eigenvalue weighted by Gasteiger charge is -2.15. The van der Waals surface area contributed by atoms with E-state index in [0.717, 1.165) is 6.08 Å². The molecule has 1 rings (SSSR count). The second kappa shape index (κ2) is 7.25. The molecule has 7 heteroatoms. The first-order valence-electron chi connectivity index (χ1n) is 5.79. The lowest BCUT2D eigenvalue weighted by Crippen LogP contribution is -2.18. The van der Waals surface area contributed by atoms with Crippen LogP contribution in [-0.4, -0.2) is 35.8 Å². The van der Waals surface area contributed by atoms with E-state index in [1.165, 1.54) is 31.4 Å². The van der Waals surface area contributed by atoms with Crippen LogP contribution < -0.4 is 4.74 Å². The molecule has 1 N–H and O–H groups in total. The van der Waals surface area contributed by atoms with Crippen LogP contribution in [0.15, 0.2) is 24.3 Å². The third-order valence-corrected chi connectivity index (χ3v) is 2.34. The highest BCUT2D eigenvalue weighted by Crippen LogP contribution is 2.26. The molecule has 0 spiro atoms. The zero-order valence-electron chi connectivity index (χ0n) is 11.1. The van der Waals surface area contributed by atoms with Crippen LogP contribution in [0.25, 0.3) is 6.08 Å². The summed E-state index contributed by atoms with van der Waals surface area (Å²) in [7, 11) is 1.53. The van der Waals surface area contributed by atoms with Crippen molar-refractivity contribution in [1.29, 1.82) is 0 Å². The Morgan fingerprint density at radius 2 is 2.25 bits per heavy atom. The summed E-state index contributed by atoms with van der Waals surface area (Å²) in [6, 6.07) is 3.99. The van der Waals surface area contributed by atoms with E-state index in [4.69, 9.17) is 14.6 Å². The maximum Gasteiger partial charge on any atom is 0.328 e. The van der Waals surface area contributed by atoms with Crippen molar-refractivity contribution < 1.29 is 24.3 Å². The Balaban J connectivity index is 3.08. The molecule has 1 aromatic rings. The molecular formula is C13H15NO6. The summed E-state index contributed by atoms with van der Waals surface area (Å²) in [6.45, 7) is 2.12. The van der Waals surface area contributed by atoms with Crippen molar-refractivity contribution in [1.82, 2.24) is 0 Å². The average molecular weight is 281 g/mol. The molecule has 1 unspecified atom stereocenters. The van der Waals surface area contributed by atoms with Gasteiger partial charge in [-0.25, -0.2) is 4.79 Å². The van der Waals surface area contributed by atoms with Crippen molar-refractivity contribution in [3.8, 4) is 5.75 Å². The molecule has 0 amide bonds. The molecule has 1 aromatic carbocycles. The Kier molecular flexibility index (Phi) is 5.67. The number of aliphatic carboxylic acids is 1. The van der Waals surface area contributed by atoms with Gasteiger partial charge in [0.05, 0.1) is 11.5 Å². The number of carboxylic acid groups (broad SMARTS) is 1. The smallest absolute Gasteiger partial charge is 0.328 e. The summed E-state index contributed by atoms with van der Waals surface area (Å²) in [6.07, 6.45) is 1.88. The minimum atomic E-state index is -1.15. The predicted molar refractivity (Wildman–Crippen MR) is 71.7 cm³/mol. The molecule has 108 valence electrons. The molecule has 0 aliphatic heterocycles. The third kappa shape index (κ3) is 4.69. The fourth-order valence-electron chi connectivity index (χ4n) is 1.53. The number of methoxy groups -OCH3 is 1. The van der Waals surface area contributed by atoms with Gasteiger partial charge in [0, 0.05) is 30.9 Å². The molecular weight excluding hydrogens is 266 g/mol. The number of nitrogens with zero attached hydrogens (tertiary/aromatic N) is 1. The number of rotatable bonds is 7. The van der Waals surface area contributed by atoms with Crippen molar-refractivity contribution in [2.24, 2.45) is 0 Å². The highest BCUT2D eigenvalue weighted by atomic mass is 16.6. The molecule has 0 saturated heterocycles. The number of carbonyl (C=O) groups is 1. The van der Waals surface area contributed by atoms with Crippen molar-refractivity contribution in [3.05, 3.63) is 40.0 Å². The molecule has 20 heavy (non-hydrogen) atoms. The molecule has 0 aromatic heterocycles. The lowest BCUT2D eigenvalue weighted by atomic mass is 10.1. The van der Waals surface area contributed by atoms with Crippen LogP contribution in [0, 0.1) is 10.1 Å². The largest absolute Gasteiger partial charge is 0.488 e. The van der Waals surface area contributed by atoms with Gasteiger partial charge in [0.2, 0.25) is 0 Å². The average Bonchev–Trinajstić information content (AvgIpc) is 2.37. The Hall–Kier alpha value is -2.41. The Bertz CT molecular complexity index is 526. The zero-order valence-corrected chi connectivity index (χ0v) is 11.1. The van der Waals surface area contributed by atoms with Crippen LogP contribution in [0.1, 0.15) is 12.5 Å². The first-order chi connectivity index (χ1) is 9.43. The molecule has 0 heterocycles. The fraction of sp³-hybridized carbons (Fsp3) is 0.308. The molecule has 0 saturated carbocycles. The normalized spacial score (nSPS) is 12.3. The molecule has 7 nitrogen and oxygen atoms in total. The quantitative estimate of drug-likeness (QED) is 0.467. The molecule has 0 fully saturated rings. The van der Waals surface area contributed by atoms with Gasteiger partial charge in [0.1, 0.15) is 11.9 Å². The van der Waals surface area contributed by atoms with Crippen molar-refractivity contribution in [3.63, 3.8) is 0 Å². The number of carboxylic acids is 1. The number of hydrogen-bond acceptors (Lipinski definition) is 5. The summed E-state index contributed by atoms with van der Waals surface area (Å²) in [5.74, 6) is -0.787. The van der Waals surface area contributed by atoms with Gasteiger partial charge >= 0.3 is 5.97 Å². The highest BCUT2D eigenvalue weighted by molar-refractivity contribution is 5.86. The van der Waals surface area contributed by atoms with E-state index in [1.807, 2.05) is 0 Å². The topological polar surface area (TPSA) is 98.9 Å². The van der Waals surface area contributed by atoms with Crippen LogP contribution >= 0.6 is 0 Å². The van der Waals surface area contributed by atoms with Gasteiger partial charge < -0.3 is 14.6 Å². The molecule has 0 bridgehead atoms. The molecule has 0 aliphatic carbocycles. The lowest BCUT2D eigenvalue weighted by molar-refractivity contribution is -0.384. The number of benzene rings is 1.